The molecule has 1 atom stereocenters. The number of hydrogen-bond acceptors (Lipinski definition) is 4. The average Bonchev–Trinajstić information content (AvgIpc) is 2.76. The number of carbonyl (C=O) groups is 1. The van der Waals surface area contributed by atoms with Crippen LogP contribution in [0.2, 0.25) is 0 Å². The molecule has 0 saturated carbocycles. The molecule has 0 bridgehead atoms. The maximum Gasteiger partial charge on any atom is 0.317 e. The molecule has 0 aliphatic carbocycles. The zero-order chi connectivity index (χ0) is 21.3. The summed E-state index contributed by atoms with van der Waals surface area (Å²) in [6.07, 6.45) is 0. The second-order valence-corrected chi connectivity index (χ2v) is 7.74. The van der Waals surface area contributed by atoms with Crippen LogP contribution in [-0.2, 0) is 0 Å². The van der Waals surface area contributed by atoms with Gasteiger partial charge in [-0.2, -0.15) is 0 Å². The number of nitrogens with one attached hydrogen (secondary N) is 1. The summed E-state index contributed by atoms with van der Waals surface area (Å²) in [7, 11) is 3.89. The second-order valence-electron chi connectivity index (χ2n) is 7.74. The van der Waals surface area contributed by atoms with E-state index in [1.54, 1.807) is 24.1 Å². The summed E-state index contributed by atoms with van der Waals surface area (Å²) in [5, 5.41) is 3.17. The molecule has 2 aromatic carbocycles. The molecule has 1 fully saturated rings. The van der Waals surface area contributed by atoms with Crippen LogP contribution in [0.1, 0.15) is 11.6 Å². The van der Waals surface area contributed by atoms with Gasteiger partial charge in [-0.15, -0.1) is 0 Å². The van der Waals surface area contributed by atoms with E-state index in [1.165, 1.54) is 12.1 Å². The van der Waals surface area contributed by atoms with Crippen LogP contribution in [0.3, 0.4) is 0 Å². The lowest BCUT2D eigenvalue weighted by atomic mass is 10.1. The lowest BCUT2D eigenvalue weighted by molar-refractivity contribution is 0.139. The number of piperazine rings is 1. The van der Waals surface area contributed by atoms with Crippen molar-refractivity contribution in [2.24, 2.45) is 0 Å². The summed E-state index contributed by atoms with van der Waals surface area (Å²) >= 11 is 0. The first kappa shape index (κ1) is 22.1. The van der Waals surface area contributed by atoms with E-state index < -0.39 is 0 Å². The average molecular weight is 415 g/mol. The second kappa shape index (κ2) is 10.9. The van der Waals surface area contributed by atoms with Crippen molar-refractivity contribution in [2.75, 3.05) is 60.0 Å². The molecule has 162 valence electrons. The van der Waals surface area contributed by atoms with Crippen molar-refractivity contribution >= 4 is 6.03 Å². The molecule has 2 amide bonds. The Bertz CT molecular complexity index is 780. The van der Waals surface area contributed by atoms with Crippen molar-refractivity contribution in [1.29, 1.82) is 0 Å². The standard InChI is InChI=1S/C23H31FN4O2/c1-26-12-14-28(15-13-26)18-22(19-6-4-3-5-7-19)25-23(29)27(2)16-17-30-21-10-8-20(24)9-11-21/h3-11,22H,12-18H2,1-2H3,(H,25,29). The van der Waals surface area contributed by atoms with Crippen LogP contribution in [-0.4, -0.2) is 80.7 Å². The minimum atomic E-state index is -0.300. The number of hydrogen-bond donors (Lipinski definition) is 1. The van der Waals surface area contributed by atoms with Crippen molar-refractivity contribution in [2.45, 2.75) is 6.04 Å². The van der Waals surface area contributed by atoms with Crippen LogP contribution in [0.15, 0.2) is 54.6 Å². The molecule has 1 unspecified atom stereocenters. The molecule has 1 aliphatic heterocycles. The van der Waals surface area contributed by atoms with Crippen LogP contribution >= 0.6 is 0 Å². The van der Waals surface area contributed by atoms with Gasteiger partial charge in [0.1, 0.15) is 18.2 Å². The van der Waals surface area contributed by atoms with Gasteiger partial charge in [0.2, 0.25) is 0 Å². The first-order chi connectivity index (χ1) is 14.5. The molecule has 1 aliphatic rings. The molecule has 30 heavy (non-hydrogen) atoms. The molecule has 0 spiro atoms. The van der Waals surface area contributed by atoms with Crippen molar-refractivity contribution in [3.63, 3.8) is 0 Å². The quantitative estimate of drug-likeness (QED) is 0.722. The number of amides is 2. The van der Waals surface area contributed by atoms with Crippen molar-refractivity contribution in [3.05, 3.63) is 66.0 Å². The number of likely N-dealkylation sites (N-methyl/N-ethyl adjacent to an activating group) is 2. The van der Waals surface area contributed by atoms with E-state index in [0.29, 0.717) is 18.9 Å². The molecule has 6 nitrogen and oxygen atoms in total. The Morgan fingerprint density at radius 1 is 1.10 bits per heavy atom. The highest BCUT2D eigenvalue weighted by atomic mass is 19.1. The fourth-order valence-electron chi connectivity index (χ4n) is 3.40. The Balaban J connectivity index is 1.53. The van der Waals surface area contributed by atoms with E-state index >= 15 is 0 Å². The molecular formula is C23H31FN4O2. The number of carbonyl (C=O) groups excluding carboxylic acids is 1. The number of benzene rings is 2. The van der Waals surface area contributed by atoms with E-state index in [0.717, 1.165) is 38.3 Å². The molecule has 1 saturated heterocycles. The summed E-state index contributed by atoms with van der Waals surface area (Å²) in [6, 6.07) is 15.7. The molecular weight excluding hydrogens is 383 g/mol. The van der Waals surface area contributed by atoms with Gasteiger partial charge in [0.25, 0.3) is 0 Å². The molecule has 0 radical (unpaired) electrons. The Morgan fingerprint density at radius 3 is 2.43 bits per heavy atom. The fourth-order valence-corrected chi connectivity index (χ4v) is 3.40. The van der Waals surface area contributed by atoms with E-state index in [4.69, 9.17) is 4.74 Å². The predicted octanol–water partition coefficient (Wildman–Crippen LogP) is 2.83. The maximum atomic E-state index is 13.0. The van der Waals surface area contributed by atoms with Crippen molar-refractivity contribution < 1.29 is 13.9 Å². The topological polar surface area (TPSA) is 48.0 Å². The summed E-state index contributed by atoms with van der Waals surface area (Å²) < 4.78 is 18.6. The number of urea groups is 1. The number of nitrogens with zero attached hydrogens (tertiary/aromatic N) is 3. The minimum Gasteiger partial charge on any atom is -0.492 e. The monoisotopic (exact) mass is 414 g/mol. The van der Waals surface area contributed by atoms with Crippen LogP contribution in [0, 0.1) is 5.82 Å². The third kappa shape index (κ3) is 6.71. The van der Waals surface area contributed by atoms with Crippen molar-refractivity contribution in [1.82, 2.24) is 20.0 Å². The maximum absolute atomic E-state index is 13.0. The van der Waals surface area contributed by atoms with Crippen LogP contribution in [0.4, 0.5) is 9.18 Å². The van der Waals surface area contributed by atoms with Crippen molar-refractivity contribution in [3.8, 4) is 5.75 Å². The summed E-state index contributed by atoms with van der Waals surface area (Å²) in [6.45, 7) is 5.62. The van der Waals surface area contributed by atoms with Gasteiger partial charge in [-0.3, -0.25) is 4.90 Å². The highest BCUT2D eigenvalue weighted by molar-refractivity contribution is 5.74. The predicted molar refractivity (Wildman–Crippen MR) is 116 cm³/mol. The van der Waals surface area contributed by atoms with E-state index in [2.05, 4.69) is 34.3 Å². The van der Waals surface area contributed by atoms with Gasteiger partial charge in [-0.05, 0) is 36.9 Å². The van der Waals surface area contributed by atoms with Gasteiger partial charge >= 0.3 is 6.03 Å². The smallest absolute Gasteiger partial charge is 0.317 e. The Kier molecular flexibility index (Phi) is 8.04. The molecule has 7 heteroatoms. The SMILES string of the molecule is CN1CCN(CC(NC(=O)N(C)CCOc2ccc(F)cc2)c2ccccc2)CC1. The van der Waals surface area contributed by atoms with Gasteiger partial charge in [0.15, 0.2) is 0 Å². The first-order valence-electron chi connectivity index (χ1n) is 10.4. The number of ether oxygens (including phenoxy) is 1. The normalized spacial score (nSPS) is 16.1. The number of rotatable bonds is 8. The minimum absolute atomic E-state index is 0.0810. The summed E-state index contributed by atoms with van der Waals surface area (Å²) in [4.78, 5) is 19.1. The van der Waals surface area contributed by atoms with Crippen LogP contribution < -0.4 is 10.1 Å². The molecule has 1 N–H and O–H groups in total. The lowest BCUT2D eigenvalue weighted by Crippen LogP contribution is -2.49. The van der Waals surface area contributed by atoms with Gasteiger partial charge in [-0.25, -0.2) is 9.18 Å². The zero-order valence-corrected chi connectivity index (χ0v) is 17.8. The van der Waals surface area contributed by atoms with E-state index in [9.17, 15) is 9.18 Å². The largest absolute Gasteiger partial charge is 0.492 e. The molecule has 0 aromatic heterocycles. The third-order valence-electron chi connectivity index (χ3n) is 5.39. The highest BCUT2D eigenvalue weighted by Gasteiger charge is 2.22. The van der Waals surface area contributed by atoms with E-state index in [1.807, 2.05) is 18.2 Å². The van der Waals surface area contributed by atoms with Gasteiger partial charge in [0.05, 0.1) is 12.6 Å². The van der Waals surface area contributed by atoms with E-state index in [-0.39, 0.29) is 17.9 Å². The van der Waals surface area contributed by atoms with Gasteiger partial charge in [-0.1, -0.05) is 30.3 Å². The summed E-state index contributed by atoms with van der Waals surface area (Å²) in [5.74, 6) is 0.286. The lowest BCUT2D eigenvalue weighted by Gasteiger charge is -2.35. The fraction of sp³-hybridized carbons (Fsp3) is 0.435. The molecule has 3 rings (SSSR count). The summed E-state index contributed by atoms with van der Waals surface area (Å²) in [5.41, 5.74) is 1.10. The van der Waals surface area contributed by atoms with Gasteiger partial charge in [0, 0.05) is 39.8 Å². The Hall–Kier alpha value is -2.64. The van der Waals surface area contributed by atoms with Gasteiger partial charge < -0.3 is 19.9 Å². The number of halogens is 1. The third-order valence-corrected chi connectivity index (χ3v) is 5.39. The van der Waals surface area contributed by atoms with Crippen LogP contribution in [0.25, 0.3) is 0 Å². The molecule has 2 aromatic rings. The Morgan fingerprint density at radius 2 is 1.77 bits per heavy atom. The molecule has 1 heterocycles. The Labute approximate surface area is 178 Å². The highest BCUT2D eigenvalue weighted by Crippen LogP contribution is 2.16. The first-order valence-corrected chi connectivity index (χ1v) is 10.4. The van der Waals surface area contributed by atoms with Crippen LogP contribution in [0.5, 0.6) is 5.75 Å². The zero-order valence-electron chi connectivity index (χ0n) is 17.8.